The Hall–Kier alpha value is -1.15. The summed E-state index contributed by atoms with van der Waals surface area (Å²) in [6, 6.07) is 0. The molecule has 5 fully saturated rings. The summed E-state index contributed by atoms with van der Waals surface area (Å²) in [6.45, 7) is 18.0. The largest absolute Gasteiger partial charge is 0.478 e. The maximum atomic E-state index is 11.2. The summed E-state index contributed by atoms with van der Waals surface area (Å²) in [5.74, 6) is -3.08. The lowest BCUT2D eigenvalue weighted by Gasteiger charge is -2.50. The van der Waals surface area contributed by atoms with Crippen LogP contribution in [0.2, 0.25) is 0 Å². The first-order valence-corrected chi connectivity index (χ1v) is 19.6. The Morgan fingerprint density at radius 1 is 0.980 bits per heavy atom. The monoisotopic (exact) mass is 724 g/mol. The quantitative estimate of drug-likeness (QED) is 0.186. The fourth-order valence-corrected chi connectivity index (χ4v) is 10.5. The molecule has 5 saturated heterocycles. The van der Waals surface area contributed by atoms with Crippen molar-refractivity contribution in [2.24, 2.45) is 35.5 Å². The van der Waals surface area contributed by atoms with Crippen molar-refractivity contribution in [3.8, 4) is 0 Å². The van der Waals surface area contributed by atoms with Crippen LogP contribution in [-0.4, -0.2) is 106 Å². The zero-order valence-electron chi connectivity index (χ0n) is 32.8. The van der Waals surface area contributed by atoms with Crippen LogP contribution in [-0.2, 0) is 33.2 Å². The van der Waals surface area contributed by atoms with Crippen LogP contribution in [0.4, 0.5) is 0 Å². The van der Waals surface area contributed by atoms with E-state index in [1.165, 1.54) is 0 Å². The molecule has 51 heavy (non-hydrogen) atoms. The molecule has 11 heteroatoms. The number of rotatable bonds is 12. The van der Waals surface area contributed by atoms with Gasteiger partial charge >= 0.3 is 5.97 Å². The highest BCUT2D eigenvalue weighted by Gasteiger charge is 2.65. The molecular weight excluding hydrogens is 656 g/mol. The highest BCUT2D eigenvalue weighted by molar-refractivity contribution is 5.85. The van der Waals surface area contributed by atoms with Gasteiger partial charge in [-0.2, -0.15) is 0 Å². The van der Waals surface area contributed by atoms with Crippen LogP contribution in [0.3, 0.4) is 0 Å². The number of aliphatic hydroxyl groups is 3. The number of carboxylic acid groups (broad SMARTS) is 1. The van der Waals surface area contributed by atoms with E-state index in [-0.39, 0.29) is 72.1 Å². The topological polar surface area (TPSA) is 153 Å². The van der Waals surface area contributed by atoms with Gasteiger partial charge in [0.1, 0.15) is 0 Å². The third-order valence-electron chi connectivity index (χ3n) is 13.5. The highest BCUT2D eigenvalue weighted by atomic mass is 16.7. The van der Waals surface area contributed by atoms with Crippen LogP contribution in [0, 0.1) is 35.5 Å². The minimum absolute atomic E-state index is 0.0404. The summed E-state index contributed by atoms with van der Waals surface area (Å²) in [5, 5.41) is 41.2. The van der Waals surface area contributed by atoms with Crippen molar-refractivity contribution in [3.05, 3.63) is 11.6 Å². The third kappa shape index (κ3) is 8.13. The smallest absolute Gasteiger partial charge is 0.330 e. The molecule has 0 saturated carbocycles. The minimum atomic E-state index is -1.56. The molecule has 4 N–H and O–H groups in total. The predicted molar refractivity (Wildman–Crippen MR) is 191 cm³/mol. The van der Waals surface area contributed by atoms with Crippen molar-refractivity contribution in [3.63, 3.8) is 0 Å². The normalized spacial score (nSPS) is 49.0. The number of aliphatic hydroxyl groups excluding tert-OH is 2. The van der Waals surface area contributed by atoms with Crippen molar-refractivity contribution >= 4 is 5.97 Å². The molecule has 0 radical (unpaired) electrons. The fourth-order valence-electron chi connectivity index (χ4n) is 10.5. The lowest BCUT2D eigenvalue weighted by molar-refractivity contribution is -0.352. The van der Waals surface area contributed by atoms with E-state index in [0.717, 1.165) is 32.1 Å². The van der Waals surface area contributed by atoms with E-state index in [4.69, 9.17) is 28.4 Å². The number of hydrogen-bond donors (Lipinski definition) is 4. The van der Waals surface area contributed by atoms with Crippen molar-refractivity contribution < 1.29 is 53.6 Å². The van der Waals surface area contributed by atoms with E-state index in [1.807, 2.05) is 13.8 Å². The Kier molecular flexibility index (Phi) is 12.5. The van der Waals surface area contributed by atoms with E-state index in [2.05, 4.69) is 41.5 Å². The Morgan fingerprint density at radius 2 is 1.69 bits per heavy atom. The lowest BCUT2D eigenvalue weighted by atomic mass is 9.78. The van der Waals surface area contributed by atoms with Gasteiger partial charge in [0.25, 0.3) is 0 Å². The molecule has 1 spiro atoms. The van der Waals surface area contributed by atoms with Crippen molar-refractivity contribution in [1.82, 2.24) is 0 Å². The summed E-state index contributed by atoms with van der Waals surface area (Å²) >= 11 is 0. The number of carboxylic acids is 1. The molecule has 0 aliphatic carbocycles. The number of methoxy groups -OCH3 is 1. The average Bonchev–Trinajstić information content (AvgIpc) is 3.74. The van der Waals surface area contributed by atoms with E-state index >= 15 is 0 Å². The Balaban J connectivity index is 1.24. The average molecular weight is 725 g/mol. The number of carbonyl (C=O) groups is 1. The lowest BCUT2D eigenvalue weighted by Crippen LogP contribution is -2.58. The van der Waals surface area contributed by atoms with Crippen molar-refractivity contribution in [2.75, 3.05) is 13.7 Å². The Bertz CT molecular complexity index is 1240. The molecule has 11 nitrogen and oxygen atoms in total. The minimum Gasteiger partial charge on any atom is -0.478 e. The first-order chi connectivity index (χ1) is 23.8. The van der Waals surface area contributed by atoms with Gasteiger partial charge in [0.2, 0.25) is 0 Å². The van der Waals surface area contributed by atoms with Crippen molar-refractivity contribution in [2.45, 2.75) is 186 Å². The van der Waals surface area contributed by atoms with Gasteiger partial charge in [-0.1, -0.05) is 47.6 Å². The van der Waals surface area contributed by atoms with Crippen molar-refractivity contribution in [1.29, 1.82) is 0 Å². The van der Waals surface area contributed by atoms with Gasteiger partial charge in [-0.05, 0) is 89.9 Å². The van der Waals surface area contributed by atoms with E-state index in [1.54, 1.807) is 20.1 Å². The van der Waals surface area contributed by atoms with Crippen LogP contribution < -0.4 is 0 Å². The number of aliphatic carboxylic acids is 1. The number of ether oxygens (including phenoxy) is 6. The van der Waals surface area contributed by atoms with Gasteiger partial charge in [0.05, 0.1) is 60.5 Å². The molecule has 17 atom stereocenters. The van der Waals surface area contributed by atoms with Crippen LogP contribution in [0.15, 0.2) is 11.6 Å². The molecule has 5 heterocycles. The molecule has 0 bridgehead atoms. The summed E-state index contributed by atoms with van der Waals surface area (Å²) in [6.07, 6.45) is 6.24. The van der Waals surface area contributed by atoms with Gasteiger partial charge in [0.15, 0.2) is 11.6 Å². The highest BCUT2D eigenvalue weighted by Crippen LogP contribution is 2.57. The van der Waals surface area contributed by atoms with Crippen LogP contribution in [0.5, 0.6) is 0 Å². The van der Waals surface area contributed by atoms with E-state index < -0.39 is 41.5 Å². The maximum absolute atomic E-state index is 11.2. The standard InChI is InChI=1S/C40H68O11/c1-22(15-25(4)36(43)44)11-12-29(42)18-30-19-31(46-10)28(7)40(48-30)27(6)20-38(9,51-40)33-13-14-37(8,49-33)35-24(3)17-32(47-35)34-23(2)16-26(5)39(45,21-41)50-34/h15,22-24,26-35,41-42,45H,11-14,16-21H2,1-10H3,(H,43,44)/b25-15-/t22-,23+,24-,26-,27-,28-,29-,30-,31+,32+,33-,34-,35-,37-,38+,39-,40+/m0/s1. The number of hydrogen-bond acceptors (Lipinski definition) is 10. The molecular formula is C40H68O11. The van der Waals surface area contributed by atoms with Gasteiger partial charge < -0.3 is 48.8 Å². The zero-order valence-corrected chi connectivity index (χ0v) is 32.8. The first-order valence-electron chi connectivity index (χ1n) is 19.6. The maximum Gasteiger partial charge on any atom is 0.330 e. The molecule has 294 valence electrons. The molecule has 5 aliphatic rings. The van der Waals surface area contributed by atoms with Crippen LogP contribution in [0.1, 0.15) is 120 Å². The number of allylic oxidation sites excluding steroid dienone is 1. The van der Waals surface area contributed by atoms with Crippen LogP contribution in [0.25, 0.3) is 0 Å². The molecule has 0 aromatic heterocycles. The second-order valence-electron chi connectivity index (χ2n) is 17.8. The van der Waals surface area contributed by atoms with Gasteiger partial charge in [-0.25, -0.2) is 4.79 Å². The molecule has 0 amide bonds. The molecule has 5 rings (SSSR count). The Labute approximate surface area is 305 Å². The summed E-state index contributed by atoms with van der Waals surface area (Å²) in [5.41, 5.74) is -0.818. The second kappa shape index (κ2) is 15.5. The second-order valence-corrected chi connectivity index (χ2v) is 17.8. The molecule has 5 aliphatic heterocycles. The van der Waals surface area contributed by atoms with Gasteiger partial charge in [0, 0.05) is 36.9 Å². The zero-order chi connectivity index (χ0) is 37.7. The molecule has 0 aromatic rings. The predicted octanol–water partition coefficient (Wildman–Crippen LogP) is 5.61. The molecule has 0 aromatic carbocycles. The van der Waals surface area contributed by atoms with E-state index in [0.29, 0.717) is 31.3 Å². The molecule has 0 unspecified atom stereocenters. The van der Waals surface area contributed by atoms with Crippen LogP contribution >= 0.6 is 0 Å². The SMILES string of the molecule is CO[C@@H]1C[C@H](C[C@@H](O)CC[C@H](C)/C=C(/C)C(=O)O)O[C@]2(O[C@@](C)([C@@H]3CC[C@@](C)([C@H]4O[C@@H]([C@H]5O[C@@](O)(CO)[C@@H](C)C[C@H]5C)C[C@@H]4C)O3)C[C@@H]2C)[C@H]1C. The van der Waals surface area contributed by atoms with Gasteiger partial charge in [-0.15, -0.1) is 0 Å². The third-order valence-corrected chi connectivity index (χ3v) is 13.5. The fraction of sp³-hybridized carbons (Fsp3) is 0.925. The first kappa shape index (κ1) is 41.0. The summed E-state index contributed by atoms with van der Waals surface area (Å²) in [4.78, 5) is 11.2. The van der Waals surface area contributed by atoms with E-state index in [9.17, 15) is 25.2 Å². The Morgan fingerprint density at radius 3 is 2.33 bits per heavy atom. The summed E-state index contributed by atoms with van der Waals surface area (Å²) in [7, 11) is 1.73. The summed E-state index contributed by atoms with van der Waals surface area (Å²) < 4.78 is 40.1. The van der Waals surface area contributed by atoms with Gasteiger partial charge in [-0.3, -0.25) is 0 Å².